The first kappa shape index (κ1) is 18.5. The molecule has 2 aromatic rings. The van der Waals surface area contributed by atoms with Crippen LogP contribution in [0.4, 0.5) is 5.69 Å². The molecule has 4 rings (SSSR count). The molecule has 6 nitrogen and oxygen atoms in total. The molecular formula is C19H22N2O4S2. The Balaban J connectivity index is 1.61. The highest BCUT2D eigenvalue weighted by Gasteiger charge is 2.27. The Morgan fingerprint density at radius 1 is 0.778 bits per heavy atom. The van der Waals surface area contributed by atoms with Crippen LogP contribution in [0.3, 0.4) is 0 Å². The van der Waals surface area contributed by atoms with Crippen LogP contribution < -0.4 is 4.72 Å². The van der Waals surface area contributed by atoms with E-state index in [9.17, 15) is 16.8 Å². The maximum Gasteiger partial charge on any atom is 0.261 e. The second-order valence-electron chi connectivity index (χ2n) is 7.03. The lowest BCUT2D eigenvalue weighted by molar-refractivity contribution is 0.477. The zero-order valence-electron chi connectivity index (χ0n) is 14.9. The zero-order chi connectivity index (χ0) is 19.1. The number of benzene rings is 2. The average molecular weight is 407 g/mol. The van der Waals surface area contributed by atoms with Gasteiger partial charge in [0.05, 0.1) is 15.5 Å². The molecule has 2 aliphatic rings. The van der Waals surface area contributed by atoms with Gasteiger partial charge in [0.25, 0.3) is 10.0 Å². The van der Waals surface area contributed by atoms with E-state index in [-0.39, 0.29) is 15.5 Å². The molecule has 0 unspecified atom stereocenters. The SMILES string of the molecule is O=S(=O)(Nc1cccc(S(=O)(=O)N2CCCC2)c1)c1ccc2c(c1)CCC2. The summed E-state index contributed by atoms with van der Waals surface area (Å²) in [5.74, 6) is 0. The predicted molar refractivity (Wildman–Crippen MR) is 104 cm³/mol. The van der Waals surface area contributed by atoms with Gasteiger partial charge in [-0.05, 0) is 73.6 Å². The third-order valence-corrected chi connectivity index (χ3v) is 8.44. The minimum absolute atomic E-state index is 0.110. The molecule has 1 aliphatic heterocycles. The Bertz CT molecular complexity index is 1070. The highest BCUT2D eigenvalue weighted by Crippen LogP contribution is 2.27. The summed E-state index contributed by atoms with van der Waals surface area (Å²) in [7, 11) is -7.37. The second-order valence-corrected chi connectivity index (χ2v) is 10.6. The third kappa shape index (κ3) is 3.61. The van der Waals surface area contributed by atoms with Crippen LogP contribution in [0.2, 0.25) is 0 Å². The molecule has 0 bridgehead atoms. The van der Waals surface area contributed by atoms with E-state index >= 15 is 0 Å². The minimum atomic E-state index is -3.77. The first-order chi connectivity index (χ1) is 12.9. The molecule has 0 saturated carbocycles. The standard InChI is InChI=1S/C19H22N2O4S2/c22-26(23,18-10-9-15-5-3-6-16(15)13-18)20-17-7-4-8-19(14-17)27(24,25)21-11-1-2-12-21/h4,7-10,13-14,20H,1-3,5-6,11-12H2. The lowest BCUT2D eigenvalue weighted by atomic mass is 10.1. The summed E-state index contributed by atoms with van der Waals surface area (Å²) >= 11 is 0. The molecule has 0 aromatic heterocycles. The summed E-state index contributed by atoms with van der Waals surface area (Å²) in [5, 5.41) is 0. The van der Waals surface area contributed by atoms with Crippen LogP contribution in [0.15, 0.2) is 52.3 Å². The van der Waals surface area contributed by atoms with Gasteiger partial charge in [-0.15, -0.1) is 0 Å². The fourth-order valence-corrected chi connectivity index (χ4v) is 6.39. The maximum atomic E-state index is 12.7. The van der Waals surface area contributed by atoms with Crippen LogP contribution in [0, 0.1) is 0 Å². The van der Waals surface area contributed by atoms with Gasteiger partial charge in [0.15, 0.2) is 0 Å². The van der Waals surface area contributed by atoms with E-state index < -0.39 is 20.0 Å². The van der Waals surface area contributed by atoms with Gasteiger partial charge in [-0.3, -0.25) is 4.72 Å². The molecule has 144 valence electrons. The zero-order valence-corrected chi connectivity index (χ0v) is 16.5. The lowest BCUT2D eigenvalue weighted by Gasteiger charge is -2.16. The van der Waals surface area contributed by atoms with Crippen LogP contribution in [0.5, 0.6) is 0 Å². The Labute approximate surface area is 160 Å². The summed E-state index contributed by atoms with van der Waals surface area (Å²) in [6.07, 6.45) is 4.62. The number of aryl methyl sites for hydroxylation is 2. The van der Waals surface area contributed by atoms with E-state index in [2.05, 4.69) is 4.72 Å². The molecule has 2 aromatic carbocycles. The Morgan fingerprint density at radius 2 is 1.52 bits per heavy atom. The predicted octanol–water partition coefficient (Wildman–Crippen LogP) is 2.76. The molecule has 0 atom stereocenters. The molecule has 0 radical (unpaired) electrons. The largest absolute Gasteiger partial charge is 0.280 e. The number of sulfonamides is 2. The second kappa shape index (κ2) is 6.92. The van der Waals surface area contributed by atoms with Gasteiger partial charge in [0, 0.05) is 13.1 Å². The first-order valence-corrected chi connectivity index (χ1v) is 12.0. The summed E-state index contributed by atoms with van der Waals surface area (Å²) in [4.78, 5) is 0.314. The molecule has 1 aliphatic carbocycles. The van der Waals surface area contributed by atoms with Crippen molar-refractivity contribution < 1.29 is 16.8 Å². The van der Waals surface area contributed by atoms with Crippen molar-refractivity contribution in [3.8, 4) is 0 Å². The van der Waals surface area contributed by atoms with Crippen molar-refractivity contribution in [3.05, 3.63) is 53.6 Å². The van der Waals surface area contributed by atoms with E-state index in [0.29, 0.717) is 13.1 Å². The highest BCUT2D eigenvalue weighted by atomic mass is 32.2. The van der Waals surface area contributed by atoms with Crippen molar-refractivity contribution >= 4 is 25.7 Å². The molecular weight excluding hydrogens is 384 g/mol. The van der Waals surface area contributed by atoms with Crippen LogP contribution in [-0.2, 0) is 32.9 Å². The fraction of sp³-hybridized carbons (Fsp3) is 0.368. The Hall–Kier alpha value is -1.90. The number of hydrogen-bond acceptors (Lipinski definition) is 4. The van der Waals surface area contributed by atoms with Crippen LogP contribution in [-0.4, -0.2) is 34.2 Å². The summed E-state index contributed by atoms with van der Waals surface area (Å²) in [5.41, 5.74) is 2.52. The van der Waals surface area contributed by atoms with E-state index in [4.69, 9.17) is 0 Å². The van der Waals surface area contributed by atoms with Gasteiger partial charge >= 0.3 is 0 Å². The summed E-state index contributed by atoms with van der Waals surface area (Å²) in [6, 6.07) is 11.2. The number of hydrogen-bond donors (Lipinski definition) is 1. The number of fused-ring (bicyclic) bond motifs is 1. The van der Waals surface area contributed by atoms with Crippen molar-refractivity contribution in [3.63, 3.8) is 0 Å². The van der Waals surface area contributed by atoms with Gasteiger partial charge in [-0.25, -0.2) is 16.8 Å². The molecule has 27 heavy (non-hydrogen) atoms. The molecule has 1 saturated heterocycles. The third-order valence-electron chi connectivity index (χ3n) is 5.17. The molecule has 1 N–H and O–H groups in total. The number of anilines is 1. The van der Waals surface area contributed by atoms with Crippen LogP contribution >= 0.6 is 0 Å². The quantitative estimate of drug-likeness (QED) is 0.828. The normalized spacial score (nSPS) is 17.8. The maximum absolute atomic E-state index is 12.7. The topological polar surface area (TPSA) is 83.5 Å². The van der Waals surface area contributed by atoms with E-state index in [1.54, 1.807) is 24.3 Å². The van der Waals surface area contributed by atoms with Crippen molar-refractivity contribution in [2.75, 3.05) is 17.8 Å². The minimum Gasteiger partial charge on any atom is -0.280 e. The molecule has 0 spiro atoms. The number of nitrogens with one attached hydrogen (secondary N) is 1. The first-order valence-electron chi connectivity index (χ1n) is 9.11. The molecule has 0 amide bonds. The summed E-state index contributed by atoms with van der Waals surface area (Å²) < 4.78 is 54.9. The highest BCUT2D eigenvalue weighted by molar-refractivity contribution is 7.92. The molecule has 1 heterocycles. The summed E-state index contributed by atoms with van der Waals surface area (Å²) in [6.45, 7) is 1.01. The fourth-order valence-electron chi connectivity index (χ4n) is 3.73. The van der Waals surface area contributed by atoms with E-state index in [0.717, 1.165) is 37.7 Å². The van der Waals surface area contributed by atoms with Crippen molar-refractivity contribution in [1.82, 2.24) is 4.31 Å². The average Bonchev–Trinajstić information content (AvgIpc) is 3.33. The van der Waals surface area contributed by atoms with Crippen molar-refractivity contribution in [2.24, 2.45) is 0 Å². The van der Waals surface area contributed by atoms with Crippen LogP contribution in [0.1, 0.15) is 30.4 Å². The van der Waals surface area contributed by atoms with Crippen molar-refractivity contribution in [1.29, 1.82) is 0 Å². The van der Waals surface area contributed by atoms with Gasteiger partial charge in [0.2, 0.25) is 10.0 Å². The molecule has 8 heteroatoms. The Kier molecular flexibility index (Phi) is 4.73. The molecule has 1 fully saturated rings. The van der Waals surface area contributed by atoms with Crippen LogP contribution in [0.25, 0.3) is 0 Å². The van der Waals surface area contributed by atoms with Gasteiger partial charge in [-0.2, -0.15) is 4.31 Å². The van der Waals surface area contributed by atoms with Gasteiger partial charge in [-0.1, -0.05) is 12.1 Å². The Morgan fingerprint density at radius 3 is 2.30 bits per heavy atom. The number of nitrogens with zero attached hydrogens (tertiary/aromatic N) is 1. The number of rotatable bonds is 5. The van der Waals surface area contributed by atoms with Crippen molar-refractivity contribution in [2.45, 2.75) is 41.9 Å². The lowest BCUT2D eigenvalue weighted by Crippen LogP contribution is -2.27. The monoisotopic (exact) mass is 406 g/mol. The smallest absolute Gasteiger partial charge is 0.261 e. The van der Waals surface area contributed by atoms with Gasteiger partial charge < -0.3 is 0 Å². The van der Waals surface area contributed by atoms with Gasteiger partial charge in [0.1, 0.15) is 0 Å². The van der Waals surface area contributed by atoms with E-state index in [1.165, 1.54) is 22.0 Å². The van der Waals surface area contributed by atoms with E-state index in [1.807, 2.05) is 6.07 Å².